The molecule has 9 heteroatoms. The van der Waals surface area contributed by atoms with Crippen molar-refractivity contribution in [2.45, 2.75) is 32.2 Å². The highest BCUT2D eigenvalue weighted by molar-refractivity contribution is 5.82. The quantitative estimate of drug-likeness (QED) is 0.738. The van der Waals surface area contributed by atoms with E-state index >= 15 is 0 Å². The van der Waals surface area contributed by atoms with Crippen molar-refractivity contribution in [1.29, 1.82) is 0 Å². The molecule has 2 N–H and O–H groups in total. The van der Waals surface area contributed by atoms with Gasteiger partial charge in [-0.15, -0.1) is 0 Å². The number of carbonyl (C=O) groups excluding carboxylic acids is 1. The highest BCUT2D eigenvalue weighted by atomic mass is 16.2. The predicted octanol–water partition coefficient (Wildman–Crippen LogP) is 2.14. The molecule has 2 aliphatic rings. The fourth-order valence-corrected chi connectivity index (χ4v) is 3.85. The number of hydrogen-bond donors (Lipinski definition) is 2. The molecule has 30 heavy (non-hydrogen) atoms. The summed E-state index contributed by atoms with van der Waals surface area (Å²) in [5.74, 6) is 0.413. The van der Waals surface area contributed by atoms with Crippen LogP contribution in [0.2, 0.25) is 0 Å². The maximum absolute atomic E-state index is 13.1. The molecule has 1 fully saturated rings. The largest absolute Gasteiger partial charge is 0.342 e. The van der Waals surface area contributed by atoms with E-state index in [0.29, 0.717) is 49.3 Å². The molecule has 1 atom stereocenters. The third kappa shape index (κ3) is 3.83. The third-order valence-corrected chi connectivity index (χ3v) is 5.56. The number of carbonyl (C=O) groups is 1. The number of amides is 1. The first-order chi connectivity index (χ1) is 14.6. The van der Waals surface area contributed by atoms with Crippen LogP contribution in [0.1, 0.15) is 26.2 Å². The second-order valence-electron chi connectivity index (χ2n) is 7.48. The molecular weight excluding hydrogens is 382 g/mol. The van der Waals surface area contributed by atoms with E-state index in [1.54, 1.807) is 11.2 Å². The maximum atomic E-state index is 13.1. The van der Waals surface area contributed by atoms with E-state index in [1.807, 2.05) is 36.1 Å². The molecule has 4 heterocycles. The molecule has 0 radical (unpaired) electrons. The molecule has 0 bridgehead atoms. The number of anilines is 1. The van der Waals surface area contributed by atoms with Crippen LogP contribution in [-0.4, -0.2) is 56.4 Å². The number of rotatable bonds is 5. The summed E-state index contributed by atoms with van der Waals surface area (Å²) < 4.78 is 0. The zero-order valence-corrected chi connectivity index (χ0v) is 16.9. The minimum absolute atomic E-state index is 0.0273. The first-order valence-electron chi connectivity index (χ1n) is 10.1. The monoisotopic (exact) mass is 407 g/mol. The molecule has 1 saturated heterocycles. The van der Waals surface area contributed by atoms with Gasteiger partial charge in [-0.25, -0.2) is 5.01 Å². The van der Waals surface area contributed by atoms with Gasteiger partial charge in [0.15, 0.2) is 0 Å². The van der Waals surface area contributed by atoms with Crippen LogP contribution in [-0.2, 0) is 4.79 Å². The summed E-state index contributed by atoms with van der Waals surface area (Å²) in [6, 6.07) is -0.127. The molecule has 2 aromatic rings. The molecule has 1 amide bonds. The molecule has 0 aromatic carbocycles. The van der Waals surface area contributed by atoms with E-state index in [2.05, 4.69) is 31.8 Å². The molecule has 0 unspecified atom stereocenters. The van der Waals surface area contributed by atoms with Crippen molar-refractivity contribution in [3.8, 4) is 0 Å². The SMILES string of the molecule is C=C(/C=C\C=C/C)[C@@H]1CC=NN1C(=O)C1CCN(c2nc(=O)c3cn[nH]c3[nH]2)CC1. The Labute approximate surface area is 173 Å². The van der Waals surface area contributed by atoms with Crippen molar-refractivity contribution in [2.24, 2.45) is 11.0 Å². The summed E-state index contributed by atoms with van der Waals surface area (Å²) in [6.07, 6.45) is 13.0. The number of allylic oxidation sites excluding steroid dienone is 3. The fourth-order valence-electron chi connectivity index (χ4n) is 3.85. The summed E-state index contributed by atoms with van der Waals surface area (Å²) in [4.78, 5) is 34.5. The summed E-state index contributed by atoms with van der Waals surface area (Å²) >= 11 is 0. The molecule has 156 valence electrons. The second kappa shape index (κ2) is 8.48. The predicted molar refractivity (Wildman–Crippen MR) is 116 cm³/mol. The van der Waals surface area contributed by atoms with Gasteiger partial charge in [-0.1, -0.05) is 30.9 Å². The molecule has 0 spiro atoms. The molecule has 2 aliphatic heterocycles. The first-order valence-corrected chi connectivity index (χ1v) is 10.1. The third-order valence-electron chi connectivity index (χ3n) is 5.56. The van der Waals surface area contributed by atoms with Crippen molar-refractivity contribution < 1.29 is 4.79 Å². The van der Waals surface area contributed by atoms with Crippen molar-refractivity contribution in [2.75, 3.05) is 18.0 Å². The average molecular weight is 407 g/mol. The minimum Gasteiger partial charge on any atom is -0.342 e. The van der Waals surface area contributed by atoms with Crippen molar-refractivity contribution in [1.82, 2.24) is 25.2 Å². The maximum Gasteiger partial charge on any atom is 0.285 e. The number of nitrogens with one attached hydrogen (secondary N) is 2. The number of nitrogens with zero attached hydrogens (tertiary/aromatic N) is 5. The Kier molecular flexibility index (Phi) is 5.60. The first kappa shape index (κ1) is 19.8. The van der Waals surface area contributed by atoms with E-state index in [4.69, 9.17) is 0 Å². The van der Waals surface area contributed by atoms with Crippen molar-refractivity contribution in [3.05, 3.63) is 53.0 Å². The van der Waals surface area contributed by atoms with E-state index < -0.39 is 0 Å². The Morgan fingerprint density at radius 1 is 1.30 bits per heavy atom. The molecule has 9 nitrogen and oxygen atoms in total. The fraction of sp³-hybridized carbons (Fsp3) is 0.381. The van der Waals surface area contributed by atoms with Crippen LogP contribution < -0.4 is 10.5 Å². The highest BCUT2D eigenvalue weighted by Gasteiger charge is 2.35. The number of H-pyrrole nitrogens is 2. The summed E-state index contributed by atoms with van der Waals surface area (Å²) in [5.41, 5.74) is 1.11. The zero-order valence-electron chi connectivity index (χ0n) is 16.9. The van der Waals surface area contributed by atoms with E-state index in [9.17, 15) is 9.59 Å². The summed E-state index contributed by atoms with van der Waals surface area (Å²) in [5, 5.41) is 13.0. The van der Waals surface area contributed by atoms with Crippen LogP contribution in [0.15, 0.2) is 52.5 Å². The topological polar surface area (TPSA) is 110 Å². The van der Waals surface area contributed by atoms with Gasteiger partial charge in [0.1, 0.15) is 11.0 Å². The van der Waals surface area contributed by atoms with Gasteiger partial charge in [-0.2, -0.15) is 15.2 Å². The Morgan fingerprint density at radius 2 is 2.10 bits per heavy atom. The Hall–Kier alpha value is -3.49. The van der Waals surface area contributed by atoms with Gasteiger partial charge in [0.05, 0.1) is 12.2 Å². The lowest BCUT2D eigenvalue weighted by molar-refractivity contribution is -0.137. The van der Waals surface area contributed by atoms with E-state index in [1.165, 1.54) is 6.20 Å². The molecular formula is C21H25N7O2. The second-order valence-corrected chi connectivity index (χ2v) is 7.48. The number of aromatic amines is 2. The highest BCUT2D eigenvalue weighted by Crippen LogP contribution is 2.27. The van der Waals surface area contributed by atoms with Crippen LogP contribution in [0.4, 0.5) is 5.95 Å². The normalized spacial score (nSPS) is 20.2. The number of piperidine rings is 1. The summed E-state index contributed by atoms with van der Waals surface area (Å²) in [7, 11) is 0. The lowest BCUT2D eigenvalue weighted by Gasteiger charge is -2.34. The number of aromatic nitrogens is 4. The van der Waals surface area contributed by atoms with E-state index in [0.717, 1.165) is 5.57 Å². The standard InChI is InChI=1S/C21H25N7O2/c1-3-4-5-6-14(2)17-7-10-23-28(17)20(30)15-8-11-27(12-9-15)21-24-18-16(13-22-26-18)19(29)25-21/h3-6,10,13,15,17H,2,7-9,11-12H2,1H3,(H2,22,24,25,26,29)/b4-3-,6-5-/t17-/m0/s1. The molecule has 0 saturated carbocycles. The number of hydrazone groups is 1. The van der Waals surface area contributed by atoms with Gasteiger partial charge in [-0.05, 0) is 25.3 Å². The number of hydrogen-bond acceptors (Lipinski definition) is 6. The van der Waals surface area contributed by atoms with Gasteiger partial charge in [0.2, 0.25) is 11.9 Å². The van der Waals surface area contributed by atoms with Crippen LogP contribution in [0.5, 0.6) is 0 Å². The Balaban J connectivity index is 1.40. The minimum atomic E-state index is -0.315. The summed E-state index contributed by atoms with van der Waals surface area (Å²) in [6.45, 7) is 7.32. The average Bonchev–Trinajstić information content (AvgIpc) is 3.43. The van der Waals surface area contributed by atoms with Gasteiger partial charge in [0.25, 0.3) is 5.56 Å². The Morgan fingerprint density at radius 3 is 2.87 bits per heavy atom. The van der Waals surface area contributed by atoms with Gasteiger partial charge in [0, 0.05) is 31.6 Å². The van der Waals surface area contributed by atoms with Crippen LogP contribution in [0, 0.1) is 5.92 Å². The molecule has 4 rings (SSSR count). The number of fused-ring (bicyclic) bond motifs is 1. The van der Waals surface area contributed by atoms with E-state index in [-0.39, 0.29) is 23.4 Å². The van der Waals surface area contributed by atoms with Crippen LogP contribution in [0.25, 0.3) is 11.0 Å². The zero-order chi connectivity index (χ0) is 21.1. The van der Waals surface area contributed by atoms with Gasteiger partial charge < -0.3 is 9.88 Å². The van der Waals surface area contributed by atoms with Crippen molar-refractivity contribution >= 4 is 29.1 Å². The van der Waals surface area contributed by atoms with Crippen LogP contribution in [0.3, 0.4) is 0 Å². The smallest absolute Gasteiger partial charge is 0.285 e. The van der Waals surface area contributed by atoms with Gasteiger partial charge in [-0.3, -0.25) is 14.7 Å². The lowest BCUT2D eigenvalue weighted by Crippen LogP contribution is -2.44. The van der Waals surface area contributed by atoms with Crippen LogP contribution >= 0.6 is 0 Å². The van der Waals surface area contributed by atoms with Crippen molar-refractivity contribution in [3.63, 3.8) is 0 Å². The molecule has 2 aromatic heterocycles. The lowest BCUT2D eigenvalue weighted by atomic mass is 9.94. The van der Waals surface area contributed by atoms with Gasteiger partial charge >= 0.3 is 0 Å². The Bertz CT molecular complexity index is 1090. The molecule has 0 aliphatic carbocycles.